The van der Waals surface area contributed by atoms with Gasteiger partial charge in [0.15, 0.2) is 0 Å². The van der Waals surface area contributed by atoms with Crippen LogP contribution in [0.25, 0.3) is 0 Å². The van der Waals surface area contributed by atoms with Gasteiger partial charge in [-0.2, -0.15) is 0 Å². The Morgan fingerprint density at radius 2 is 1.84 bits per heavy atom. The summed E-state index contributed by atoms with van der Waals surface area (Å²) in [7, 11) is 0.463. The van der Waals surface area contributed by atoms with E-state index >= 15 is 0 Å². The maximum absolute atomic E-state index is 6.39. The maximum atomic E-state index is 6.39. The molecule has 106 valence electrons. The fraction of sp³-hybridized carbons (Fsp3) is 0.625. The Morgan fingerprint density at radius 1 is 1.16 bits per heavy atom. The third kappa shape index (κ3) is 3.21. The summed E-state index contributed by atoms with van der Waals surface area (Å²) in [5, 5.41) is 0.250. The summed E-state index contributed by atoms with van der Waals surface area (Å²) < 4.78 is 6.39. The van der Waals surface area contributed by atoms with Gasteiger partial charge in [-0.3, -0.25) is 0 Å². The van der Waals surface area contributed by atoms with Gasteiger partial charge in [0, 0.05) is 13.1 Å². The number of likely N-dealkylation sites (N-methyl/N-ethyl adjacent to an activating group) is 1. The highest BCUT2D eigenvalue weighted by atomic mass is 28.4. The minimum absolute atomic E-state index is 0.250. The molecule has 2 rings (SSSR count). The molecule has 0 unspecified atom stereocenters. The van der Waals surface area contributed by atoms with Crippen molar-refractivity contribution in [3.05, 3.63) is 29.3 Å². The largest absolute Gasteiger partial charge is 0.543 e. The van der Waals surface area contributed by atoms with E-state index in [0.717, 1.165) is 25.3 Å². The molecule has 2 nitrogen and oxygen atoms in total. The number of rotatable bonds is 2. The summed E-state index contributed by atoms with van der Waals surface area (Å²) in [4.78, 5) is 2.37. The molecule has 1 aromatic rings. The molecule has 1 aliphatic rings. The molecule has 1 aromatic carbocycles. The fourth-order valence-corrected chi connectivity index (χ4v) is 3.21. The van der Waals surface area contributed by atoms with Gasteiger partial charge < -0.3 is 9.33 Å². The van der Waals surface area contributed by atoms with E-state index in [-0.39, 0.29) is 5.04 Å². The molecule has 0 aromatic heterocycles. The standard InChI is InChI=1S/C16H27NOSi/c1-16(2,3)19(5,6)18-15-8-7-13-9-10-17(4)12-14(13)11-15/h7-8,11H,9-10,12H2,1-6H3. The maximum Gasteiger partial charge on any atom is 0.250 e. The molecule has 0 fully saturated rings. The first-order valence-electron chi connectivity index (χ1n) is 7.18. The van der Waals surface area contributed by atoms with Gasteiger partial charge in [0.05, 0.1) is 0 Å². The van der Waals surface area contributed by atoms with Crippen LogP contribution in [-0.2, 0) is 13.0 Å². The average Bonchev–Trinajstić information content (AvgIpc) is 2.26. The molecule has 0 atom stereocenters. The van der Waals surface area contributed by atoms with E-state index in [0.29, 0.717) is 0 Å². The van der Waals surface area contributed by atoms with Crippen LogP contribution in [0.4, 0.5) is 0 Å². The summed E-state index contributed by atoms with van der Waals surface area (Å²) >= 11 is 0. The number of hydrogen-bond acceptors (Lipinski definition) is 2. The van der Waals surface area contributed by atoms with Crippen LogP contribution in [0.3, 0.4) is 0 Å². The molecule has 1 heterocycles. The SMILES string of the molecule is CN1CCc2ccc(O[Si](C)(C)C(C)(C)C)cc2C1. The van der Waals surface area contributed by atoms with Crippen LogP contribution in [0.15, 0.2) is 18.2 Å². The Kier molecular flexibility index (Phi) is 3.80. The van der Waals surface area contributed by atoms with E-state index in [1.54, 1.807) is 0 Å². The normalized spacial score (nSPS) is 17.2. The van der Waals surface area contributed by atoms with E-state index in [1.807, 2.05) is 0 Å². The zero-order valence-electron chi connectivity index (χ0n) is 13.2. The second kappa shape index (κ2) is 4.95. The van der Waals surface area contributed by atoms with Crippen LogP contribution in [0.5, 0.6) is 5.75 Å². The zero-order chi connectivity index (χ0) is 14.3. The highest BCUT2D eigenvalue weighted by Gasteiger charge is 2.39. The lowest BCUT2D eigenvalue weighted by Gasteiger charge is -2.37. The molecule has 0 radical (unpaired) electrons. The molecule has 0 saturated carbocycles. The van der Waals surface area contributed by atoms with E-state index in [4.69, 9.17) is 4.43 Å². The van der Waals surface area contributed by atoms with Gasteiger partial charge in [0.1, 0.15) is 5.75 Å². The van der Waals surface area contributed by atoms with E-state index in [1.165, 1.54) is 11.1 Å². The first-order valence-corrected chi connectivity index (χ1v) is 10.1. The van der Waals surface area contributed by atoms with Crippen LogP contribution in [-0.4, -0.2) is 26.8 Å². The van der Waals surface area contributed by atoms with Crippen molar-refractivity contribution in [3.63, 3.8) is 0 Å². The molecule has 0 N–H and O–H groups in total. The Hall–Kier alpha value is -0.803. The van der Waals surface area contributed by atoms with Crippen molar-refractivity contribution in [2.45, 2.75) is 51.9 Å². The average molecular weight is 277 g/mol. The van der Waals surface area contributed by atoms with E-state index in [2.05, 4.69) is 64.0 Å². The van der Waals surface area contributed by atoms with Crippen LogP contribution in [0.1, 0.15) is 31.9 Å². The first-order chi connectivity index (χ1) is 8.69. The van der Waals surface area contributed by atoms with Gasteiger partial charge in [0.25, 0.3) is 0 Å². The summed E-state index contributed by atoms with van der Waals surface area (Å²) in [5.74, 6) is 1.06. The number of benzene rings is 1. The number of hydrogen-bond donors (Lipinski definition) is 0. The van der Waals surface area contributed by atoms with E-state index < -0.39 is 8.32 Å². The lowest BCUT2D eigenvalue weighted by molar-refractivity contribution is 0.312. The molecular weight excluding hydrogens is 250 g/mol. The summed E-state index contributed by atoms with van der Waals surface area (Å²) in [6, 6.07) is 6.67. The summed E-state index contributed by atoms with van der Waals surface area (Å²) in [5.41, 5.74) is 2.92. The van der Waals surface area contributed by atoms with Crippen molar-refractivity contribution >= 4 is 8.32 Å². The highest BCUT2D eigenvalue weighted by Crippen LogP contribution is 2.37. The third-order valence-corrected chi connectivity index (χ3v) is 8.92. The summed E-state index contributed by atoms with van der Waals surface area (Å²) in [6.07, 6.45) is 1.16. The Bertz CT molecular complexity index is 462. The topological polar surface area (TPSA) is 12.5 Å². The molecule has 1 aliphatic heterocycles. The smallest absolute Gasteiger partial charge is 0.250 e. The van der Waals surface area contributed by atoms with Crippen molar-refractivity contribution in [2.24, 2.45) is 0 Å². The van der Waals surface area contributed by atoms with Gasteiger partial charge in [-0.1, -0.05) is 26.8 Å². The molecule has 0 amide bonds. The van der Waals surface area contributed by atoms with Gasteiger partial charge in [-0.05, 0) is 54.9 Å². The Balaban J connectivity index is 2.21. The molecule has 0 saturated heterocycles. The lowest BCUT2D eigenvalue weighted by Crippen LogP contribution is -2.43. The van der Waals surface area contributed by atoms with Gasteiger partial charge in [-0.25, -0.2) is 0 Å². The number of nitrogens with zero attached hydrogens (tertiary/aromatic N) is 1. The predicted octanol–water partition coefficient (Wildman–Crippen LogP) is 4.06. The van der Waals surface area contributed by atoms with Gasteiger partial charge in [-0.15, -0.1) is 0 Å². The quantitative estimate of drug-likeness (QED) is 0.756. The van der Waals surface area contributed by atoms with Crippen molar-refractivity contribution < 1.29 is 4.43 Å². The monoisotopic (exact) mass is 277 g/mol. The Labute approximate surface area is 118 Å². The van der Waals surface area contributed by atoms with Crippen LogP contribution >= 0.6 is 0 Å². The molecule has 3 heteroatoms. The van der Waals surface area contributed by atoms with Crippen molar-refractivity contribution in [1.82, 2.24) is 4.90 Å². The Morgan fingerprint density at radius 3 is 2.47 bits per heavy atom. The second-order valence-electron chi connectivity index (χ2n) is 7.28. The predicted molar refractivity (Wildman–Crippen MR) is 84.3 cm³/mol. The van der Waals surface area contributed by atoms with E-state index in [9.17, 15) is 0 Å². The van der Waals surface area contributed by atoms with Crippen molar-refractivity contribution in [3.8, 4) is 5.75 Å². The molecule has 0 spiro atoms. The van der Waals surface area contributed by atoms with Gasteiger partial charge in [0.2, 0.25) is 8.32 Å². The number of fused-ring (bicyclic) bond motifs is 1. The van der Waals surface area contributed by atoms with Crippen molar-refractivity contribution in [2.75, 3.05) is 13.6 Å². The molecular formula is C16H27NOSi. The minimum Gasteiger partial charge on any atom is -0.543 e. The fourth-order valence-electron chi connectivity index (χ4n) is 2.19. The summed E-state index contributed by atoms with van der Waals surface area (Å²) in [6.45, 7) is 13.7. The first kappa shape index (κ1) is 14.6. The second-order valence-corrected chi connectivity index (χ2v) is 12.0. The van der Waals surface area contributed by atoms with Crippen LogP contribution < -0.4 is 4.43 Å². The van der Waals surface area contributed by atoms with Crippen molar-refractivity contribution in [1.29, 1.82) is 0 Å². The molecule has 19 heavy (non-hydrogen) atoms. The third-order valence-electron chi connectivity index (χ3n) is 4.56. The lowest BCUT2D eigenvalue weighted by atomic mass is 10.00. The molecule has 0 aliphatic carbocycles. The van der Waals surface area contributed by atoms with Crippen LogP contribution in [0.2, 0.25) is 18.1 Å². The minimum atomic E-state index is -1.72. The van der Waals surface area contributed by atoms with Crippen LogP contribution in [0, 0.1) is 0 Å². The zero-order valence-corrected chi connectivity index (χ0v) is 14.2. The van der Waals surface area contributed by atoms with Gasteiger partial charge >= 0.3 is 0 Å². The molecule has 0 bridgehead atoms. The highest BCUT2D eigenvalue weighted by molar-refractivity contribution is 6.74.